The van der Waals surface area contributed by atoms with Crippen molar-refractivity contribution in [2.75, 3.05) is 26.3 Å². The molecule has 0 bridgehead atoms. The number of hydrazine groups is 1. The van der Waals surface area contributed by atoms with Crippen LogP contribution in [-0.4, -0.2) is 47.0 Å². The molecule has 0 spiro atoms. The van der Waals surface area contributed by atoms with Crippen molar-refractivity contribution in [2.45, 2.75) is 37.9 Å². The summed E-state index contributed by atoms with van der Waals surface area (Å²) in [6, 6.07) is 0. The molecule has 1 amide bonds. The van der Waals surface area contributed by atoms with Gasteiger partial charge in [0.1, 0.15) is 0 Å². The Bertz CT molecular complexity index is 610. The lowest BCUT2D eigenvalue weighted by molar-refractivity contribution is -0.141. The summed E-state index contributed by atoms with van der Waals surface area (Å²) in [6.45, 7) is 2.32. The molecule has 0 atom stereocenters. The summed E-state index contributed by atoms with van der Waals surface area (Å²) in [7, 11) is 0. The fraction of sp³-hybridized carbons (Fsp3) is 0.714. The van der Waals surface area contributed by atoms with Gasteiger partial charge >= 0.3 is 6.18 Å². The van der Waals surface area contributed by atoms with Gasteiger partial charge in [0.05, 0.1) is 30.5 Å². The van der Waals surface area contributed by atoms with Crippen LogP contribution >= 0.6 is 11.6 Å². The maximum Gasteiger partial charge on any atom is 0.436 e. The normalized spacial score (nSPS) is 19.5. The molecule has 3 rings (SSSR count). The predicted octanol–water partition coefficient (Wildman–Crippen LogP) is 2.19. The van der Waals surface area contributed by atoms with Gasteiger partial charge in [-0.2, -0.15) is 18.3 Å². The zero-order valence-corrected chi connectivity index (χ0v) is 13.7. The molecule has 0 unspecified atom stereocenters. The molecule has 2 fully saturated rings. The van der Waals surface area contributed by atoms with E-state index in [1.54, 1.807) is 5.01 Å². The highest BCUT2D eigenvalue weighted by molar-refractivity contribution is 6.32. The molecule has 1 aliphatic heterocycles. The number of aromatic nitrogens is 2. The molecule has 1 saturated carbocycles. The summed E-state index contributed by atoms with van der Waals surface area (Å²) < 4.78 is 45.3. The van der Waals surface area contributed by atoms with E-state index in [-0.39, 0.29) is 29.8 Å². The van der Waals surface area contributed by atoms with Crippen molar-refractivity contribution in [1.29, 1.82) is 0 Å². The molecule has 1 aromatic heterocycles. The topological polar surface area (TPSA) is 59.4 Å². The lowest BCUT2D eigenvalue weighted by Crippen LogP contribution is -2.48. The molecular formula is C14H18ClF3N4O2. The first-order valence-electron chi connectivity index (χ1n) is 7.82. The van der Waals surface area contributed by atoms with Crippen molar-refractivity contribution in [3.8, 4) is 0 Å². The summed E-state index contributed by atoms with van der Waals surface area (Å²) in [5, 5.41) is 5.01. The fourth-order valence-corrected chi connectivity index (χ4v) is 3.06. The number of halogens is 4. The zero-order chi connectivity index (χ0) is 17.3. The van der Waals surface area contributed by atoms with Crippen molar-refractivity contribution in [2.24, 2.45) is 0 Å². The van der Waals surface area contributed by atoms with Crippen molar-refractivity contribution in [1.82, 2.24) is 20.2 Å². The first-order valence-corrected chi connectivity index (χ1v) is 8.19. The number of nitrogens with one attached hydrogen (secondary N) is 1. The molecule has 6 nitrogen and oxygen atoms in total. The SMILES string of the molecule is O=C(CCn1nc(C(F)(F)F)c(Cl)c1C1CC1)NN1CCOCC1. The van der Waals surface area contributed by atoms with E-state index in [1.165, 1.54) is 4.68 Å². The highest BCUT2D eigenvalue weighted by Crippen LogP contribution is 2.46. The van der Waals surface area contributed by atoms with E-state index in [0.29, 0.717) is 32.0 Å². The van der Waals surface area contributed by atoms with Crippen LogP contribution in [0.3, 0.4) is 0 Å². The highest BCUT2D eigenvalue weighted by Gasteiger charge is 2.42. The molecule has 2 heterocycles. The first kappa shape index (κ1) is 17.5. The number of alkyl halides is 3. The molecule has 1 N–H and O–H groups in total. The van der Waals surface area contributed by atoms with E-state index in [4.69, 9.17) is 16.3 Å². The summed E-state index contributed by atoms with van der Waals surface area (Å²) in [5.41, 5.74) is 2.05. The third-order valence-electron chi connectivity index (χ3n) is 4.01. The molecular weight excluding hydrogens is 349 g/mol. The van der Waals surface area contributed by atoms with E-state index >= 15 is 0 Å². The van der Waals surface area contributed by atoms with E-state index in [2.05, 4.69) is 10.5 Å². The number of carbonyl (C=O) groups is 1. The predicted molar refractivity (Wildman–Crippen MR) is 79.4 cm³/mol. The third kappa shape index (κ3) is 4.01. The van der Waals surface area contributed by atoms with E-state index in [0.717, 1.165) is 12.8 Å². The molecule has 1 aromatic rings. The molecule has 24 heavy (non-hydrogen) atoms. The number of hydrogen-bond donors (Lipinski definition) is 1. The smallest absolute Gasteiger partial charge is 0.379 e. The Morgan fingerprint density at radius 3 is 2.58 bits per heavy atom. The quantitative estimate of drug-likeness (QED) is 0.867. The Morgan fingerprint density at radius 2 is 2.00 bits per heavy atom. The van der Waals surface area contributed by atoms with Gasteiger partial charge in [0, 0.05) is 25.4 Å². The lowest BCUT2D eigenvalue weighted by atomic mass is 10.2. The van der Waals surface area contributed by atoms with Gasteiger partial charge in [-0.3, -0.25) is 14.9 Å². The maximum absolute atomic E-state index is 13.0. The first-order chi connectivity index (χ1) is 11.4. The average Bonchev–Trinajstić information content (AvgIpc) is 3.29. The van der Waals surface area contributed by atoms with E-state index in [1.807, 2.05) is 0 Å². The number of nitrogens with zero attached hydrogens (tertiary/aromatic N) is 3. The second-order valence-corrected chi connectivity index (χ2v) is 6.31. The van der Waals surface area contributed by atoms with Gasteiger partial charge in [0.25, 0.3) is 0 Å². The second kappa shape index (κ2) is 6.89. The highest BCUT2D eigenvalue weighted by atomic mass is 35.5. The van der Waals surface area contributed by atoms with Crippen molar-refractivity contribution in [3.05, 3.63) is 16.4 Å². The average molecular weight is 367 g/mol. The molecule has 134 valence electrons. The Morgan fingerprint density at radius 1 is 1.33 bits per heavy atom. The van der Waals surface area contributed by atoms with Crippen LogP contribution in [0.15, 0.2) is 0 Å². The van der Waals surface area contributed by atoms with Crippen LogP contribution in [0, 0.1) is 0 Å². The van der Waals surface area contributed by atoms with Crippen LogP contribution in [-0.2, 0) is 22.3 Å². The molecule has 1 saturated heterocycles. The summed E-state index contributed by atoms with van der Waals surface area (Å²) in [5.74, 6) is -0.262. The lowest BCUT2D eigenvalue weighted by Gasteiger charge is -2.26. The minimum Gasteiger partial charge on any atom is -0.379 e. The second-order valence-electron chi connectivity index (χ2n) is 5.93. The number of amides is 1. The van der Waals surface area contributed by atoms with Gasteiger partial charge in [-0.05, 0) is 12.8 Å². The molecule has 1 aliphatic carbocycles. The monoisotopic (exact) mass is 366 g/mol. The standard InChI is InChI=1S/C14H18ClF3N4O2/c15-11-12(9-1-2-9)22(20-13(11)14(16,17)18)4-3-10(23)19-21-5-7-24-8-6-21/h9H,1-8H2,(H,19,23). The van der Waals surface area contributed by atoms with Crippen molar-refractivity contribution >= 4 is 17.5 Å². The van der Waals surface area contributed by atoms with Crippen LogP contribution in [0.1, 0.15) is 36.6 Å². The van der Waals surface area contributed by atoms with Gasteiger partial charge < -0.3 is 4.74 Å². The van der Waals surface area contributed by atoms with E-state index in [9.17, 15) is 18.0 Å². The van der Waals surface area contributed by atoms with Crippen LogP contribution < -0.4 is 5.43 Å². The van der Waals surface area contributed by atoms with Crippen molar-refractivity contribution in [3.63, 3.8) is 0 Å². The van der Waals surface area contributed by atoms with Gasteiger partial charge in [-0.1, -0.05) is 11.6 Å². The number of morpholine rings is 1. The Hall–Kier alpha value is -1.32. The van der Waals surface area contributed by atoms with E-state index < -0.39 is 11.9 Å². The third-order valence-corrected chi connectivity index (χ3v) is 4.38. The van der Waals surface area contributed by atoms with Gasteiger partial charge in [-0.25, -0.2) is 5.01 Å². The molecule has 0 radical (unpaired) electrons. The Kier molecular flexibility index (Phi) is 5.03. The summed E-state index contributed by atoms with van der Waals surface area (Å²) in [6.07, 6.45) is -2.97. The van der Waals surface area contributed by atoms with Crippen LogP contribution in [0.25, 0.3) is 0 Å². The maximum atomic E-state index is 13.0. The van der Waals surface area contributed by atoms with Crippen LogP contribution in [0.2, 0.25) is 5.02 Å². The minimum atomic E-state index is -4.60. The molecule has 10 heteroatoms. The number of carbonyl (C=O) groups excluding carboxylic acids is 1. The molecule has 2 aliphatic rings. The van der Waals surface area contributed by atoms with Gasteiger partial charge in [0.2, 0.25) is 5.91 Å². The number of rotatable bonds is 5. The molecule has 0 aromatic carbocycles. The van der Waals surface area contributed by atoms with Gasteiger partial charge in [0.15, 0.2) is 5.69 Å². The number of ether oxygens (including phenoxy) is 1. The number of aryl methyl sites for hydroxylation is 1. The zero-order valence-electron chi connectivity index (χ0n) is 12.9. The minimum absolute atomic E-state index is 0.00315. The Labute approximate surface area is 141 Å². The summed E-state index contributed by atoms with van der Waals surface area (Å²) >= 11 is 5.89. The van der Waals surface area contributed by atoms with Crippen LogP contribution in [0.4, 0.5) is 13.2 Å². The Balaban J connectivity index is 1.65. The van der Waals surface area contributed by atoms with Gasteiger partial charge in [-0.15, -0.1) is 0 Å². The largest absolute Gasteiger partial charge is 0.436 e. The van der Waals surface area contributed by atoms with Crippen molar-refractivity contribution < 1.29 is 22.7 Å². The fourth-order valence-electron chi connectivity index (χ4n) is 2.67. The number of hydrogen-bond acceptors (Lipinski definition) is 4. The van der Waals surface area contributed by atoms with Crippen LogP contribution in [0.5, 0.6) is 0 Å². The summed E-state index contributed by atoms with van der Waals surface area (Å²) in [4.78, 5) is 12.0.